The Bertz CT molecular complexity index is 274. The zero-order valence-corrected chi connectivity index (χ0v) is 9.96. The third-order valence-electron chi connectivity index (χ3n) is 1.95. The number of pyridine rings is 1. The van der Waals surface area contributed by atoms with Gasteiger partial charge in [0.15, 0.2) is 0 Å². The minimum Gasteiger partial charge on any atom is -0.353 e. The lowest BCUT2D eigenvalue weighted by molar-refractivity contribution is 0.618. The molecule has 2 nitrogen and oxygen atoms in total. The van der Waals surface area contributed by atoms with Gasteiger partial charge in [0.05, 0.1) is 6.20 Å². The molecule has 0 N–H and O–H groups in total. The van der Waals surface area contributed by atoms with Crippen LogP contribution in [0, 0.1) is 5.82 Å². The average Bonchev–Trinajstić information content (AvgIpc) is 2.15. The van der Waals surface area contributed by atoms with Crippen LogP contribution < -0.4 is 4.90 Å². The van der Waals surface area contributed by atoms with Crippen molar-refractivity contribution in [3.05, 3.63) is 24.1 Å². The lowest BCUT2D eigenvalue weighted by atomic mass is 10.3. The molecule has 0 fully saturated rings. The smallest absolute Gasteiger partial charge is 0.141 e. The molecule has 0 aliphatic heterocycles. The molecular weight excluding hydrogens is 247 g/mol. The highest BCUT2D eigenvalue weighted by Gasteiger charge is 2.10. The maximum Gasteiger partial charge on any atom is 0.141 e. The van der Waals surface area contributed by atoms with Crippen molar-refractivity contribution in [3.8, 4) is 0 Å². The van der Waals surface area contributed by atoms with Crippen molar-refractivity contribution >= 4 is 21.7 Å². The summed E-state index contributed by atoms with van der Waals surface area (Å²) in [5.41, 5.74) is 0. The van der Waals surface area contributed by atoms with Gasteiger partial charge in [-0.2, -0.15) is 0 Å². The van der Waals surface area contributed by atoms with Gasteiger partial charge in [-0.25, -0.2) is 9.37 Å². The third-order valence-corrected chi connectivity index (χ3v) is 2.31. The van der Waals surface area contributed by atoms with Crippen molar-refractivity contribution in [1.82, 2.24) is 4.98 Å². The van der Waals surface area contributed by atoms with E-state index in [1.807, 2.05) is 0 Å². The Kier molecular flexibility index (Phi) is 4.32. The molecular formula is C10H14BrFN2. The number of hydrogen-bond acceptors (Lipinski definition) is 2. The highest BCUT2D eigenvalue weighted by molar-refractivity contribution is 9.09. The molecule has 0 aliphatic rings. The summed E-state index contributed by atoms with van der Waals surface area (Å²) in [4.78, 5) is 6.17. The van der Waals surface area contributed by atoms with Crippen LogP contribution >= 0.6 is 15.9 Å². The second kappa shape index (κ2) is 5.29. The molecule has 1 heterocycles. The van der Waals surface area contributed by atoms with Crippen molar-refractivity contribution in [2.75, 3.05) is 16.8 Å². The van der Waals surface area contributed by atoms with Gasteiger partial charge in [-0.1, -0.05) is 15.9 Å². The van der Waals surface area contributed by atoms with E-state index in [0.29, 0.717) is 6.04 Å². The molecule has 0 saturated heterocycles. The summed E-state index contributed by atoms with van der Waals surface area (Å²) in [5, 5.41) is 0.879. The van der Waals surface area contributed by atoms with Crippen molar-refractivity contribution in [2.24, 2.45) is 0 Å². The van der Waals surface area contributed by atoms with Gasteiger partial charge >= 0.3 is 0 Å². The number of alkyl halides is 1. The van der Waals surface area contributed by atoms with E-state index in [1.165, 1.54) is 12.3 Å². The van der Waals surface area contributed by atoms with Gasteiger partial charge in [-0.3, -0.25) is 0 Å². The number of halogens is 2. The number of rotatable bonds is 4. The normalized spacial score (nSPS) is 10.6. The summed E-state index contributed by atoms with van der Waals surface area (Å²) in [6.45, 7) is 5.05. The Morgan fingerprint density at radius 2 is 2.21 bits per heavy atom. The van der Waals surface area contributed by atoms with Crippen molar-refractivity contribution in [3.63, 3.8) is 0 Å². The van der Waals surface area contributed by atoms with Crippen molar-refractivity contribution in [1.29, 1.82) is 0 Å². The molecule has 0 spiro atoms. The highest BCUT2D eigenvalue weighted by Crippen LogP contribution is 2.13. The summed E-state index contributed by atoms with van der Waals surface area (Å²) in [6.07, 6.45) is 1.25. The van der Waals surface area contributed by atoms with Crippen LogP contribution in [0.15, 0.2) is 18.3 Å². The standard InChI is InChI=1S/C10H14BrFN2/c1-8(2)14(6-5-11)10-4-3-9(12)7-13-10/h3-4,7-8H,5-6H2,1-2H3. The van der Waals surface area contributed by atoms with E-state index in [4.69, 9.17) is 0 Å². The molecule has 4 heteroatoms. The van der Waals surface area contributed by atoms with E-state index in [1.54, 1.807) is 6.07 Å². The summed E-state index contributed by atoms with van der Waals surface area (Å²) in [6, 6.07) is 3.51. The van der Waals surface area contributed by atoms with Gasteiger partial charge in [-0.15, -0.1) is 0 Å². The molecule has 0 atom stereocenters. The maximum absolute atomic E-state index is 12.6. The zero-order valence-electron chi connectivity index (χ0n) is 8.37. The minimum absolute atomic E-state index is 0.295. The average molecular weight is 261 g/mol. The predicted octanol–water partition coefficient (Wildman–Crippen LogP) is 2.83. The predicted molar refractivity (Wildman–Crippen MR) is 60.5 cm³/mol. The molecule has 0 bridgehead atoms. The van der Waals surface area contributed by atoms with E-state index in [9.17, 15) is 4.39 Å². The number of hydrogen-bond donors (Lipinski definition) is 0. The minimum atomic E-state index is -0.295. The molecule has 0 unspecified atom stereocenters. The first kappa shape index (κ1) is 11.4. The second-order valence-electron chi connectivity index (χ2n) is 3.31. The lowest BCUT2D eigenvalue weighted by Crippen LogP contribution is -2.33. The second-order valence-corrected chi connectivity index (χ2v) is 4.10. The first-order valence-corrected chi connectivity index (χ1v) is 5.71. The molecule has 78 valence electrons. The van der Waals surface area contributed by atoms with Crippen LogP contribution in [0.25, 0.3) is 0 Å². The van der Waals surface area contributed by atoms with Crippen LogP contribution in [0.4, 0.5) is 10.2 Å². The van der Waals surface area contributed by atoms with Crippen LogP contribution in [-0.2, 0) is 0 Å². The summed E-state index contributed by atoms with van der Waals surface area (Å²) in [5.74, 6) is 0.525. The van der Waals surface area contributed by atoms with Gasteiger partial charge in [0.1, 0.15) is 11.6 Å². The fourth-order valence-electron chi connectivity index (χ4n) is 1.27. The Labute approximate surface area is 92.3 Å². The largest absolute Gasteiger partial charge is 0.353 e. The SMILES string of the molecule is CC(C)N(CCBr)c1ccc(F)cn1. The van der Waals surface area contributed by atoms with Crippen molar-refractivity contribution in [2.45, 2.75) is 19.9 Å². The lowest BCUT2D eigenvalue weighted by Gasteiger charge is -2.26. The Balaban J connectivity index is 2.82. The van der Waals surface area contributed by atoms with Gasteiger partial charge in [0.25, 0.3) is 0 Å². The molecule has 0 saturated carbocycles. The highest BCUT2D eigenvalue weighted by atomic mass is 79.9. The number of nitrogens with zero attached hydrogens (tertiary/aromatic N) is 2. The van der Waals surface area contributed by atoms with E-state index < -0.39 is 0 Å². The van der Waals surface area contributed by atoms with Gasteiger partial charge in [0.2, 0.25) is 0 Å². The summed E-state index contributed by atoms with van der Waals surface area (Å²) >= 11 is 3.39. The fraction of sp³-hybridized carbons (Fsp3) is 0.500. The Hall–Kier alpha value is -0.640. The molecule has 0 aromatic carbocycles. The number of aromatic nitrogens is 1. The molecule has 1 aromatic rings. The monoisotopic (exact) mass is 260 g/mol. The topological polar surface area (TPSA) is 16.1 Å². The van der Waals surface area contributed by atoms with Gasteiger partial charge in [-0.05, 0) is 26.0 Å². The van der Waals surface area contributed by atoms with Crippen LogP contribution in [-0.4, -0.2) is 22.9 Å². The summed E-state index contributed by atoms with van der Waals surface area (Å²) < 4.78 is 12.6. The van der Waals surface area contributed by atoms with E-state index in [2.05, 4.69) is 39.7 Å². The van der Waals surface area contributed by atoms with Gasteiger partial charge < -0.3 is 4.90 Å². The van der Waals surface area contributed by atoms with Crippen LogP contribution in [0.1, 0.15) is 13.8 Å². The molecule has 0 amide bonds. The van der Waals surface area contributed by atoms with E-state index in [-0.39, 0.29) is 5.82 Å². The molecule has 1 aromatic heterocycles. The Morgan fingerprint density at radius 1 is 1.50 bits per heavy atom. The number of anilines is 1. The van der Waals surface area contributed by atoms with Crippen molar-refractivity contribution < 1.29 is 4.39 Å². The molecule has 14 heavy (non-hydrogen) atoms. The third kappa shape index (κ3) is 2.94. The zero-order chi connectivity index (χ0) is 10.6. The quantitative estimate of drug-likeness (QED) is 0.775. The first-order valence-electron chi connectivity index (χ1n) is 4.59. The van der Waals surface area contributed by atoms with Gasteiger partial charge in [0, 0.05) is 17.9 Å². The van der Waals surface area contributed by atoms with Crippen LogP contribution in [0.3, 0.4) is 0 Å². The van der Waals surface area contributed by atoms with E-state index in [0.717, 1.165) is 17.7 Å². The van der Waals surface area contributed by atoms with Crippen LogP contribution in [0.2, 0.25) is 0 Å². The molecule has 0 radical (unpaired) electrons. The Morgan fingerprint density at radius 3 is 2.64 bits per heavy atom. The van der Waals surface area contributed by atoms with E-state index >= 15 is 0 Å². The van der Waals surface area contributed by atoms with Crippen LogP contribution in [0.5, 0.6) is 0 Å². The summed E-state index contributed by atoms with van der Waals surface area (Å²) in [7, 11) is 0. The maximum atomic E-state index is 12.6. The molecule has 1 rings (SSSR count). The fourth-order valence-corrected chi connectivity index (χ4v) is 1.65. The first-order chi connectivity index (χ1) is 6.65. The molecule has 0 aliphatic carbocycles.